The molecule has 1 aliphatic heterocycles. The van der Waals surface area contributed by atoms with E-state index in [1.807, 2.05) is 63.2 Å². The van der Waals surface area contributed by atoms with Crippen LogP contribution in [0, 0.1) is 32.1 Å². The van der Waals surface area contributed by atoms with E-state index in [-0.39, 0.29) is 23.7 Å². The zero-order valence-corrected chi connectivity index (χ0v) is 24.6. The highest BCUT2D eigenvalue weighted by Crippen LogP contribution is 2.36. The number of benzene rings is 3. The minimum absolute atomic E-state index is 0.0414. The van der Waals surface area contributed by atoms with Gasteiger partial charge >= 0.3 is 5.97 Å². The summed E-state index contributed by atoms with van der Waals surface area (Å²) >= 11 is 1.11. The normalized spacial score (nSPS) is 14.5. The highest BCUT2D eigenvalue weighted by atomic mass is 32.2. The number of aryl methyl sites for hydroxylation is 1. The molecule has 2 heterocycles. The van der Waals surface area contributed by atoms with Gasteiger partial charge in [0.15, 0.2) is 12.4 Å². The van der Waals surface area contributed by atoms with E-state index in [2.05, 4.69) is 11.1 Å². The lowest BCUT2D eigenvalue weighted by atomic mass is 10.0. The first kappa shape index (κ1) is 29.4. The summed E-state index contributed by atoms with van der Waals surface area (Å²) in [6, 6.07) is 24.9. The van der Waals surface area contributed by atoms with Gasteiger partial charge in [0, 0.05) is 17.7 Å². The maximum atomic E-state index is 13.2. The van der Waals surface area contributed by atoms with Crippen LogP contribution in [-0.4, -0.2) is 40.4 Å². The van der Waals surface area contributed by atoms with Crippen molar-refractivity contribution in [2.24, 2.45) is 0 Å². The summed E-state index contributed by atoms with van der Waals surface area (Å²) in [5, 5.41) is 9.36. The predicted molar refractivity (Wildman–Crippen MR) is 163 cm³/mol. The molecule has 1 aliphatic rings. The van der Waals surface area contributed by atoms with Gasteiger partial charge in [-0.15, -0.1) is 0 Å². The number of ether oxygens (including phenoxy) is 1. The number of pyridine rings is 1. The molecule has 43 heavy (non-hydrogen) atoms. The van der Waals surface area contributed by atoms with Crippen molar-refractivity contribution in [1.29, 1.82) is 5.26 Å². The minimum atomic E-state index is -0.731. The molecule has 2 amide bonds. The largest absolute Gasteiger partial charge is 0.454 e. The molecule has 5 rings (SSSR count). The maximum absolute atomic E-state index is 13.2. The fraction of sp³-hybridized carbons (Fsp3) is 0.176. The van der Waals surface area contributed by atoms with Crippen LogP contribution in [-0.2, 0) is 14.3 Å². The number of anilines is 1. The summed E-state index contributed by atoms with van der Waals surface area (Å²) in [5.74, 6) is -1.85. The third kappa shape index (κ3) is 6.10. The summed E-state index contributed by atoms with van der Waals surface area (Å²) in [7, 11) is 0. The Labute approximate surface area is 253 Å². The van der Waals surface area contributed by atoms with Crippen molar-refractivity contribution in [2.75, 3.05) is 11.5 Å². The first-order chi connectivity index (χ1) is 20.7. The number of ketones is 1. The number of nitriles is 1. The van der Waals surface area contributed by atoms with Crippen LogP contribution in [0.25, 0.3) is 11.1 Å². The Bertz CT molecular complexity index is 1780. The summed E-state index contributed by atoms with van der Waals surface area (Å²) in [5.41, 5.74) is 5.79. The molecule has 1 aromatic heterocycles. The Morgan fingerprint density at radius 2 is 1.53 bits per heavy atom. The van der Waals surface area contributed by atoms with Crippen LogP contribution in [0.15, 0.2) is 83.9 Å². The van der Waals surface area contributed by atoms with Gasteiger partial charge < -0.3 is 4.74 Å². The molecule has 0 bridgehead atoms. The van der Waals surface area contributed by atoms with Gasteiger partial charge in [-0.05, 0) is 67.3 Å². The van der Waals surface area contributed by atoms with Crippen molar-refractivity contribution in [2.45, 2.75) is 37.5 Å². The first-order valence-electron chi connectivity index (χ1n) is 13.5. The SMILES string of the molecule is Cc1nc(SC2CC(=O)N(c3ccc(C(=O)OCC(=O)c4ccc(-c5ccccc5)cc4)cc3)C2=O)c(C#N)c(C)c1C. The molecule has 1 saturated heterocycles. The third-order valence-electron chi connectivity index (χ3n) is 7.44. The van der Waals surface area contributed by atoms with Gasteiger partial charge in [0.2, 0.25) is 11.8 Å². The first-order valence-corrected chi connectivity index (χ1v) is 14.4. The summed E-state index contributed by atoms with van der Waals surface area (Å²) in [6.07, 6.45) is -0.0414. The molecular weight excluding hydrogens is 562 g/mol. The lowest BCUT2D eigenvalue weighted by Crippen LogP contribution is -2.31. The number of amides is 2. The number of esters is 1. The second-order valence-electron chi connectivity index (χ2n) is 10.1. The topological polar surface area (TPSA) is 117 Å². The summed E-state index contributed by atoms with van der Waals surface area (Å²) in [4.78, 5) is 56.9. The predicted octanol–water partition coefficient (Wildman–Crippen LogP) is 6.01. The second-order valence-corrected chi connectivity index (χ2v) is 11.3. The fourth-order valence-electron chi connectivity index (χ4n) is 4.75. The molecular formula is C34H27N3O5S. The highest BCUT2D eigenvalue weighted by Gasteiger charge is 2.41. The Morgan fingerprint density at radius 3 is 2.19 bits per heavy atom. The Kier molecular flexibility index (Phi) is 8.51. The fourth-order valence-corrected chi connectivity index (χ4v) is 5.96. The number of hydrogen-bond acceptors (Lipinski definition) is 8. The van der Waals surface area contributed by atoms with Crippen LogP contribution in [0.2, 0.25) is 0 Å². The zero-order valence-electron chi connectivity index (χ0n) is 23.8. The van der Waals surface area contributed by atoms with Crippen molar-refractivity contribution in [1.82, 2.24) is 4.98 Å². The van der Waals surface area contributed by atoms with Crippen molar-refractivity contribution >= 4 is 41.0 Å². The molecule has 0 saturated carbocycles. The van der Waals surface area contributed by atoms with Crippen LogP contribution < -0.4 is 4.90 Å². The number of carbonyl (C=O) groups is 4. The molecule has 1 unspecified atom stereocenters. The number of rotatable bonds is 8. The highest BCUT2D eigenvalue weighted by molar-refractivity contribution is 8.00. The van der Waals surface area contributed by atoms with E-state index < -0.39 is 23.7 Å². The summed E-state index contributed by atoms with van der Waals surface area (Å²) in [6.45, 7) is 5.14. The van der Waals surface area contributed by atoms with E-state index in [4.69, 9.17) is 4.74 Å². The molecule has 0 spiro atoms. The molecule has 3 aromatic carbocycles. The zero-order chi connectivity index (χ0) is 30.7. The van der Waals surface area contributed by atoms with Gasteiger partial charge in [0.1, 0.15) is 11.1 Å². The Morgan fingerprint density at radius 1 is 0.907 bits per heavy atom. The van der Waals surface area contributed by atoms with Crippen molar-refractivity contribution < 1.29 is 23.9 Å². The minimum Gasteiger partial charge on any atom is -0.454 e. The van der Waals surface area contributed by atoms with E-state index >= 15 is 0 Å². The Hall–Kier alpha value is -5.07. The van der Waals surface area contributed by atoms with Gasteiger partial charge in [0.05, 0.1) is 22.1 Å². The monoisotopic (exact) mass is 589 g/mol. The molecule has 214 valence electrons. The molecule has 9 heteroatoms. The standard InChI is InChI=1S/C34H27N3O5S/c1-20-21(2)28(18-35)32(36-22(20)3)43-30-17-31(39)37(33(30)40)27-15-13-26(14-16-27)34(41)42-19-29(38)25-11-9-24(10-12-25)23-7-5-4-6-8-23/h4-16,30H,17,19H2,1-3H3. The molecule has 8 nitrogen and oxygen atoms in total. The van der Waals surface area contributed by atoms with Crippen LogP contribution in [0.1, 0.15) is 49.5 Å². The van der Waals surface area contributed by atoms with Gasteiger partial charge in [-0.3, -0.25) is 14.4 Å². The molecule has 1 fully saturated rings. The van der Waals surface area contributed by atoms with Crippen LogP contribution in [0.5, 0.6) is 0 Å². The van der Waals surface area contributed by atoms with E-state index in [1.54, 1.807) is 12.1 Å². The number of imide groups is 1. The van der Waals surface area contributed by atoms with Crippen molar-refractivity contribution in [3.8, 4) is 17.2 Å². The lowest BCUT2D eigenvalue weighted by molar-refractivity contribution is -0.121. The Balaban J connectivity index is 1.21. The van der Waals surface area contributed by atoms with Crippen LogP contribution in [0.3, 0.4) is 0 Å². The van der Waals surface area contributed by atoms with Gasteiger partial charge in [-0.2, -0.15) is 5.26 Å². The van der Waals surface area contributed by atoms with E-state index in [9.17, 15) is 24.4 Å². The van der Waals surface area contributed by atoms with E-state index in [1.165, 1.54) is 24.3 Å². The molecule has 0 radical (unpaired) electrons. The van der Waals surface area contributed by atoms with Gasteiger partial charge in [-0.1, -0.05) is 66.4 Å². The smallest absolute Gasteiger partial charge is 0.338 e. The third-order valence-corrected chi connectivity index (χ3v) is 8.62. The quantitative estimate of drug-likeness (QED) is 0.139. The van der Waals surface area contributed by atoms with E-state index in [0.717, 1.165) is 44.6 Å². The number of aromatic nitrogens is 1. The van der Waals surface area contributed by atoms with Crippen molar-refractivity contribution in [3.63, 3.8) is 0 Å². The number of thioether (sulfide) groups is 1. The van der Waals surface area contributed by atoms with Gasteiger partial charge in [-0.25, -0.2) is 14.7 Å². The molecule has 1 atom stereocenters. The lowest BCUT2D eigenvalue weighted by Gasteiger charge is -2.16. The van der Waals surface area contributed by atoms with Crippen LogP contribution in [0.4, 0.5) is 5.69 Å². The van der Waals surface area contributed by atoms with Crippen molar-refractivity contribution in [3.05, 3.63) is 112 Å². The molecule has 0 aliphatic carbocycles. The maximum Gasteiger partial charge on any atom is 0.338 e. The number of Topliss-reactive ketones (excluding diaryl/α,β-unsaturated/α-hetero) is 1. The average Bonchev–Trinajstić information content (AvgIpc) is 3.31. The molecule has 0 N–H and O–H groups in total. The summed E-state index contributed by atoms with van der Waals surface area (Å²) < 4.78 is 5.23. The average molecular weight is 590 g/mol. The second kappa shape index (κ2) is 12.4. The number of hydrogen-bond donors (Lipinski definition) is 0. The van der Waals surface area contributed by atoms with Gasteiger partial charge in [0.25, 0.3) is 0 Å². The molecule has 4 aromatic rings. The van der Waals surface area contributed by atoms with E-state index in [0.29, 0.717) is 21.8 Å². The van der Waals surface area contributed by atoms with Crippen LogP contribution >= 0.6 is 11.8 Å². The number of carbonyl (C=O) groups excluding carboxylic acids is 4. The number of nitrogens with zero attached hydrogens (tertiary/aromatic N) is 3.